The predicted molar refractivity (Wildman–Crippen MR) is 349 cm³/mol. The lowest BCUT2D eigenvalue weighted by Gasteiger charge is -2.21. The number of carbonyl (C=O) groups excluding carboxylic acids is 4. The monoisotopic (exact) mass is 1280 g/mol. The molecule has 19 heteroatoms. The van der Waals surface area contributed by atoms with E-state index >= 15 is 0 Å². The first kappa shape index (κ1) is 85.1. The van der Waals surface area contributed by atoms with E-state index in [1.807, 2.05) is 0 Å². The molecular formula is C68H132O17P2. The number of phosphoric acid groups is 2. The molecule has 0 radical (unpaired) electrons. The minimum Gasteiger partial charge on any atom is -0.462 e. The number of rotatable bonds is 68. The Morgan fingerprint density at radius 3 is 0.782 bits per heavy atom. The molecule has 0 aliphatic rings. The fourth-order valence-electron chi connectivity index (χ4n) is 10.3. The zero-order chi connectivity index (χ0) is 64.2. The largest absolute Gasteiger partial charge is 0.472 e. The highest BCUT2D eigenvalue weighted by Crippen LogP contribution is 2.45. The van der Waals surface area contributed by atoms with Crippen LogP contribution in [0.1, 0.15) is 349 Å². The number of ether oxygens (including phenoxy) is 4. The molecule has 0 aliphatic heterocycles. The fraction of sp³-hybridized carbons (Fsp3) is 0.941. The van der Waals surface area contributed by atoms with Crippen molar-refractivity contribution in [3.63, 3.8) is 0 Å². The lowest BCUT2D eigenvalue weighted by molar-refractivity contribution is -0.161. The molecule has 0 bridgehead atoms. The van der Waals surface area contributed by atoms with E-state index in [-0.39, 0.29) is 25.7 Å². The van der Waals surface area contributed by atoms with Gasteiger partial charge in [-0.15, -0.1) is 0 Å². The topological polar surface area (TPSA) is 237 Å². The minimum atomic E-state index is -4.95. The molecule has 2 unspecified atom stereocenters. The normalized spacial score (nSPS) is 14.1. The highest BCUT2D eigenvalue weighted by atomic mass is 31.2. The Morgan fingerprint density at radius 1 is 0.310 bits per heavy atom. The van der Waals surface area contributed by atoms with Crippen LogP contribution in [0.15, 0.2) is 0 Å². The summed E-state index contributed by atoms with van der Waals surface area (Å²) >= 11 is 0. The van der Waals surface area contributed by atoms with Gasteiger partial charge in [0.2, 0.25) is 0 Å². The highest BCUT2D eigenvalue weighted by Gasteiger charge is 2.30. The Morgan fingerprint density at radius 2 is 0.529 bits per heavy atom. The van der Waals surface area contributed by atoms with Crippen LogP contribution in [-0.2, 0) is 65.4 Å². The maximum Gasteiger partial charge on any atom is 0.472 e. The third-order valence-electron chi connectivity index (χ3n) is 15.8. The van der Waals surface area contributed by atoms with Crippen LogP contribution >= 0.6 is 15.6 Å². The molecule has 0 aromatic heterocycles. The van der Waals surface area contributed by atoms with Crippen LogP contribution in [0.25, 0.3) is 0 Å². The van der Waals surface area contributed by atoms with Gasteiger partial charge in [0, 0.05) is 25.7 Å². The van der Waals surface area contributed by atoms with E-state index < -0.39 is 97.5 Å². The summed E-state index contributed by atoms with van der Waals surface area (Å²) in [5.74, 6) is -1.41. The van der Waals surface area contributed by atoms with Gasteiger partial charge in [-0.2, -0.15) is 0 Å². The molecule has 516 valence electrons. The van der Waals surface area contributed by atoms with Crippen molar-refractivity contribution in [3.05, 3.63) is 0 Å². The summed E-state index contributed by atoms with van der Waals surface area (Å²) in [6.07, 6.45) is 47.2. The lowest BCUT2D eigenvalue weighted by atomic mass is 10.0. The Balaban J connectivity index is 5.22. The molecule has 0 amide bonds. The van der Waals surface area contributed by atoms with Gasteiger partial charge in [0.05, 0.1) is 26.4 Å². The van der Waals surface area contributed by atoms with Crippen LogP contribution in [0.4, 0.5) is 0 Å². The molecule has 0 aromatic carbocycles. The number of phosphoric ester groups is 2. The maximum absolute atomic E-state index is 13.0. The summed E-state index contributed by atoms with van der Waals surface area (Å²) in [6.45, 7) is 7.17. The van der Waals surface area contributed by atoms with Crippen LogP contribution in [-0.4, -0.2) is 96.7 Å². The molecule has 0 aromatic rings. The smallest absolute Gasteiger partial charge is 0.462 e. The van der Waals surface area contributed by atoms with Crippen molar-refractivity contribution < 1.29 is 80.2 Å². The van der Waals surface area contributed by atoms with Gasteiger partial charge in [-0.1, -0.05) is 298 Å². The van der Waals surface area contributed by atoms with Crippen molar-refractivity contribution in [2.45, 2.75) is 368 Å². The molecule has 0 aliphatic carbocycles. The summed E-state index contributed by atoms with van der Waals surface area (Å²) in [7, 11) is -9.89. The number of aliphatic hydroxyl groups is 1. The zero-order valence-electron chi connectivity index (χ0n) is 56.2. The van der Waals surface area contributed by atoms with E-state index in [0.29, 0.717) is 25.7 Å². The second kappa shape index (κ2) is 61.6. The second-order valence-corrected chi connectivity index (χ2v) is 27.9. The van der Waals surface area contributed by atoms with Crippen molar-refractivity contribution in [1.29, 1.82) is 0 Å². The summed E-state index contributed by atoms with van der Waals surface area (Å²) in [5.41, 5.74) is 0. The number of unbranched alkanes of at least 4 members (excludes halogenated alkanes) is 40. The van der Waals surface area contributed by atoms with E-state index in [1.54, 1.807) is 0 Å². The molecule has 5 atom stereocenters. The van der Waals surface area contributed by atoms with Gasteiger partial charge in [0.1, 0.15) is 19.3 Å². The van der Waals surface area contributed by atoms with E-state index in [2.05, 4.69) is 34.6 Å². The van der Waals surface area contributed by atoms with Crippen molar-refractivity contribution in [1.82, 2.24) is 0 Å². The molecule has 0 spiro atoms. The molecule has 0 saturated carbocycles. The third-order valence-corrected chi connectivity index (χ3v) is 17.7. The SMILES string of the molecule is CCCCCCCCCCCCCCCCC(=O)OC[C@H](COP(=O)(O)OC[C@@H](O)COP(=O)(O)OC[C@@H](COC(=O)CCCCCCCCCC)OC(=O)CCCCCCCCCCC(C)C)OC(=O)CCCCCCCCCCCCCCCC. The van der Waals surface area contributed by atoms with Crippen molar-refractivity contribution >= 4 is 39.5 Å². The van der Waals surface area contributed by atoms with Crippen molar-refractivity contribution in [2.75, 3.05) is 39.6 Å². The first-order chi connectivity index (χ1) is 42.0. The lowest BCUT2D eigenvalue weighted by Crippen LogP contribution is -2.30. The quantitative estimate of drug-likeness (QED) is 0.0222. The van der Waals surface area contributed by atoms with Gasteiger partial charge in [-0.25, -0.2) is 9.13 Å². The van der Waals surface area contributed by atoms with Crippen molar-refractivity contribution in [2.24, 2.45) is 5.92 Å². The number of aliphatic hydroxyl groups excluding tert-OH is 1. The van der Waals surface area contributed by atoms with E-state index in [1.165, 1.54) is 167 Å². The van der Waals surface area contributed by atoms with Crippen LogP contribution in [0.5, 0.6) is 0 Å². The number of esters is 4. The summed E-state index contributed by atoms with van der Waals surface area (Å²) in [6, 6.07) is 0. The summed E-state index contributed by atoms with van der Waals surface area (Å²) in [4.78, 5) is 72.4. The third kappa shape index (κ3) is 62.6. The minimum absolute atomic E-state index is 0.105. The van der Waals surface area contributed by atoms with Crippen LogP contribution < -0.4 is 0 Å². The summed E-state index contributed by atoms with van der Waals surface area (Å²) < 4.78 is 68.1. The average Bonchev–Trinajstić information content (AvgIpc) is 3.69. The van der Waals surface area contributed by atoms with E-state index in [0.717, 1.165) is 102 Å². The van der Waals surface area contributed by atoms with E-state index in [9.17, 15) is 43.2 Å². The van der Waals surface area contributed by atoms with E-state index in [4.69, 9.17) is 37.0 Å². The van der Waals surface area contributed by atoms with Crippen molar-refractivity contribution in [3.8, 4) is 0 Å². The van der Waals surface area contributed by atoms with Gasteiger partial charge in [0.25, 0.3) is 0 Å². The molecule has 0 rings (SSSR count). The Hall–Kier alpha value is -1.94. The number of carbonyl (C=O) groups is 4. The molecule has 87 heavy (non-hydrogen) atoms. The highest BCUT2D eigenvalue weighted by molar-refractivity contribution is 7.47. The molecule has 17 nitrogen and oxygen atoms in total. The Kier molecular flexibility index (Phi) is 60.2. The van der Waals surface area contributed by atoms with Gasteiger partial charge in [-0.05, 0) is 31.6 Å². The number of hydrogen-bond acceptors (Lipinski definition) is 15. The molecular weight excluding hydrogens is 1150 g/mol. The van der Waals surface area contributed by atoms with Crippen LogP contribution in [0.2, 0.25) is 0 Å². The number of hydrogen-bond donors (Lipinski definition) is 3. The molecule has 0 heterocycles. The van der Waals surface area contributed by atoms with Gasteiger partial charge >= 0.3 is 39.5 Å². The summed E-state index contributed by atoms with van der Waals surface area (Å²) in [5, 5.41) is 10.6. The standard InChI is InChI=1S/C68H132O17P2/c1-6-9-12-15-18-21-23-25-27-29-31-37-42-47-52-66(71)79-58-64(84-67(72)53-48-43-38-32-30-28-26-24-22-19-16-13-10-7-2)60-83-87(76,77)81-56-62(69)55-80-86(74,75)82-59-63(57-78-65(70)51-46-41-36-20-17-14-11-8-3)85-68(73)54-49-44-39-34-33-35-40-45-50-61(4)5/h61-64,69H,6-60H2,1-5H3,(H,74,75)(H,76,77)/t62-,63+,64+/m0/s1. The van der Waals surface area contributed by atoms with Gasteiger partial charge in [0.15, 0.2) is 12.2 Å². The predicted octanol–water partition coefficient (Wildman–Crippen LogP) is 19.4. The first-order valence-corrected chi connectivity index (χ1v) is 38.6. The molecule has 0 saturated heterocycles. The second-order valence-electron chi connectivity index (χ2n) is 25.0. The zero-order valence-corrected chi connectivity index (χ0v) is 57.9. The van der Waals surface area contributed by atoms with Crippen LogP contribution in [0, 0.1) is 5.92 Å². The first-order valence-electron chi connectivity index (χ1n) is 35.6. The van der Waals surface area contributed by atoms with Gasteiger partial charge in [-0.3, -0.25) is 37.3 Å². The Bertz CT molecular complexity index is 1690. The van der Waals surface area contributed by atoms with Gasteiger partial charge < -0.3 is 33.8 Å². The molecule has 3 N–H and O–H groups in total. The molecule has 0 fully saturated rings. The Labute approximate surface area is 530 Å². The fourth-order valence-corrected chi connectivity index (χ4v) is 11.9. The average molecular weight is 1280 g/mol. The van der Waals surface area contributed by atoms with Crippen LogP contribution in [0.3, 0.4) is 0 Å². The maximum atomic E-state index is 13.0.